The minimum atomic E-state index is -3.22. The molecule has 0 aliphatic carbocycles. The van der Waals surface area contributed by atoms with Crippen LogP contribution in [-0.4, -0.2) is 27.8 Å². The van der Waals surface area contributed by atoms with E-state index in [4.69, 9.17) is 0 Å². The summed E-state index contributed by atoms with van der Waals surface area (Å²) in [5, 5.41) is 2.92. The molecule has 0 radical (unpaired) electrons. The lowest BCUT2D eigenvalue weighted by molar-refractivity contribution is 0.597. The highest BCUT2D eigenvalue weighted by atomic mass is 32.2. The van der Waals surface area contributed by atoms with Gasteiger partial charge >= 0.3 is 0 Å². The van der Waals surface area contributed by atoms with Crippen molar-refractivity contribution in [3.63, 3.8) is 0 Å². The third-order valence-corrected chi connectivity index (χ3v) is 3.61. The summed E-state index contributed by atoms with van der Waals surface area (Å²) in [5.74, 6) is 0.141. The second kappa shape index (κ2) is 5.86. The standard InChI is InChI=1S/C11H18N2O2S/c1-10-6-3-4-7-11(10)13-16(14,15)9-5-8-12-2/h3-4,6-7,12-13H,5,8-9H2,1-2H3. The number of hydrogen-bond donors (Lipinski definition) is 2. The highest BCUT2D eigenvalue weighted by Crippen LogP contribution is 2.15. The van der Waals surface area contributed by atoms with E-state index in [0.29, 0.717) is 18.7 Å². The molecule has 0 unspecified atom stereocenters. The van der Waals surface area contributed by atoms with Gasteiger partial charge in [0.1, 0.15) is 0 Å². The normalized spacial score (nSPS) is 11.4. The van der Waals surface area contributed by atoms with E-state index in [1.807, 2.05) is 25.1 Å². The van der Waals surface area contributed by atoms with Crippen LogP contribution in [0.5, 0.6) is 0 Å². The summed E-state index contributed by atoms with van der Waals surface area (Å²) in [6, 6.07) is 7.35. The van der Waals surface area contributed by atoms with Gasteiger partial charge in [-0.2, -0.15) is 0 Å². The lowest BCUT2D eigenvalue weighted by Gasteiger charge is -2.09. The molecule has 0 aliphatic heterocycles. The molecule has 1 rings (SSSR count). The molecule has 0 saturated carbocycles. The summed E-state index contributed by atoms with van der Waals surface area (Å²) in [6.07, 6.45) is 0.609. The fourth-order valence-electron chi connectivity index (χ4n) is 1.34. The fourth-order valence-corrected chi connectivity index (χ4v) is 2.54. The summed E-state index contributed by atoms with van der Waals surface area (Å²) >= 11 is 0. The number of rotatable bonds is 6. The molecular formula is C11H18N2O2S. The maximum absolute atomic E-state index is 11.7. The summed E-state index contributed by atoms with van der Waals surface area (Å²) in [7, 11) is -1.41. The molecule has 0 saturated heterocycles. The minimum Gasteiger partial charge on any atom is -0.320 e. The average molecular weight is 242 g/mol. The van der Waals surface area contributed by atoms with Crippen LogP contribution in [0.4, 0.5) is 5.69 Å². The van der Waals surface area contributed by atoms with E-state index < -0.39 is 10.0 Å². The zero-order valence-corrected chi connectivity index (χ0v) is 10.5. The second-order valence-corrected chi connectivity index (χ2v) is 5.53. The first-order chi connectivity index (χ1) is 7.55. The monoisotopic (exact) mass is 242 g/mol. The Bertz CT molecular complexity index is 429. The van der Waals surface area contributed by atoms with Crippen molar-refractivity contribution < 1.29 is 8.42 Å². The molecule has 0 atom stereocenters. The van der Waals surface area contributed by atoms with E-state index in [2.05, 4.69) is 10.0 Å². The third kappa shape index (κ3) is 4.20. The number of aryl methyl sites for hydroxylation is 1. The highest BCUT2D eigenvalue weighted by Gasteiger charge is 2.10. The second-order valence-electron chi connectivity index (χ2n) is 3.69. The van der Waals surface area contributed by atoms with E-state index in [-0.39, 0.29) is 5.75 Å². The lowest BCUT2D eigenvalue weighted by Crippen LogP contribution is -2.20. The van der Waals surface area contributed by atoms with Crippen molar-refractivity contribution in [1.82, 2.24) is 5.32 Å². The summed E-state index contributed by atoms with van der Waals surface area (Å²) in [4.78, 5) is 0. The maximum Gasteiger partial charge on any atom is 0.232 e. The van der Waals surface area contributed by atoms with Crippen LogP contribution in [0.25, 0.3) is 0 Å². The van der Waals surface area contributed by atoms with Crippen molar-refractivity contribution in [2.45, 2.75) is 13.3 Å². The Morgan fingerprint density at radius 2 is 1.94 bits per heavy atom. The Kier molecular flexibility index (Phi) is 4.76. The molecule has 0 aromatic heterocycles. The highest BCUT2D eigenvalue weighted by molar-refractivity contribution is 7.92. The van der Waals surface area contributed by atoms with Gasteiger partial charge in [0.05, 0.1) is 11.4 Å². The van der Waals surface area contributed by atoms with Gasteiger partial charge in [-0.15, -0.1) is 0 Å². The summed E-state index contributed by atoms with van der Waals surface area (Å²) in [5.41, 5.74) is 1.59. The van der Waals surface area contributed by atoms with Crippen molar-refractivity contribution in [3.05, 3.63) is 29.8 Å². The van der Waals surface area contributed by atoms with Gasteiger partial charge < -0.3 is 5.32 Å². The molecule has 0 bridgehead atoms. The molecule has 4 nitrogen and oxygen atoms in total. The Morgan fingerprint density at radius 3 is 2.56 bits per heavy atom. The Morgan fingerprint density at radius 1 is 1.25 bits per heavy atom. The molecule has 0 heterocycles. The van der Waals surface area contributed by atoms with E-state index in [1.165, 1.54) is 0 Å². The van der Waals surface area contributed by atoms with Crippen molar-refractivity contribution in [2.75, 3.05) is 24.1 Å². The number of sulfonamides is 1. The van der Waals surface area contributed by atoms with Crippen LogP contribution < -0.4 is 10.0 Å². The lowest BCUT2D eigenvalue weighted by atomic mass is 10.2. The third-order valence-electron chi connectivity index (χ3n) is 2.25. The first-order valence-electron chi connectivity index (χ1n) is 5.26. The van der Waals surface area contributed by atoms with Gasteiger partial charge in [-0.25, -0.2) is 8.42 Å². The van der Waals surface area contributed by atoms with Crippen LogP contribution >= 0.6 is 0 Å². The Labute approximate surface area is 97.1 Å². The number of nitrogens with one attached hydrogen (secondary N) is 2. The first-order valence-corrected chi connectivity index (χ1v) is 6.91. The maximum atomic E-state index is 11.7. The van der Waals surface area contributed by atoms with Gasteiger partial charge in [-0.3, -0.25) is 4.72 Å². The first kappa shape index (κ1) is 13.0. The quantitative estimate of drug-likeness (QED) is 0.740. The average Bonchev–Trinajstić information content (AvgIpc) is 2.21. The molecule has 0 spiro atoms. The summed E-state index contributed by atoms with van der Waals surface area (Å²) < 4.78 is 26.0. The van der Waals surface area contributed by atoms with Crippen LogP contribution in [0.3, 0.4) is 0 Å². The molecule has 0 fully saturated rings. The van der Waals surface area contributed by atoms with Crippen LogP contribution in [0, 0.1) is 6.92 Å². The molecule has 0 aliphatic rings. The molecule has 90 valence electrons. The van der Waals surface area contributed by atoms with Crippen LogP contribution in [-0.2, 0) is 10.0 Å². The zero-order chi connectivity index (χ0) is 12.0. The van der Waals surface area contributed by atoms with Crippen LogP contribution in [0.15, 0.2) is 24.3 Å². The number of hydrogen-bond acceptors (Lipinski definition) is 3. The van der Waals surface area contributed by atoms with Crippen LogP contribution in [0.2, 0.25) is 0 Å². The molecule has 1 aromatic carbocycles. The zero-order valence-electron chi connectivity index (χ0n) is 9.66. The molecule has 16 heavy (non-hydrogen) atoms. The van der Waals surface area contributed by atoms with Gasteiger partial charge in [-0.1, -0.05) is 18.2 Å². The minimum absolute atomic E-state index is 0.141. The van der Waals surface area contributed by atoms with Gasteiger partial charge in [0.2, 0.25) is 10.0 Å². The van der Waals surface area contributed by atoms with E-state index >= 15 is 0 Å². The fraction of sp³-hybridized carbons (Fsp3) is 0.455. The molecular weight excluding hydrogens is 224 g/mol. The molecule has 0 amide bonds. The van der Waals surface area contributed by atoms with Crippen molar-refractivity contribution >= 4 is 15.7 Å². The Balaban J connectivity index is 2.63. The van der Waals surface area contributed by atoms with Gasteiger partial charge in [0.15, 0.2) is 0 Å². The van der Waals surface area contributed by atoms with E-state index in [1.54, 1.807) is 13.1 Å². The number of anilines is 1. The number of para-hydroxylation sites is 1. The SMILES string of the molecule is CNCCCS(=O)(=O)Nc1ccccc1C. The van der Waals surface area contributed by atoms with Gasteiger partial charge in [0.25, 0.3) is 0 Å². The Hall–Kier alpha value is -1.07. The predicted octanol–water partition coefficient (Wildman–Crippen LogP) is 1.35. The smallest absolute Gasteiger partial charge is 0.232 e. The molecule has 5 heteroatoms. The topological polar surface area (TPSA) is 58.2 Å². The van der Waals surface area contributed by atoms with Gasteiger partial charge in [-0.05, 0) is 38.6 Å². The van der Waals surface area contributed by atoms with E-state index in [9.17, 15) is 8.42 Å². The molecule has 2 N–H and O–H groups in total. The van der Waals surface area contributed by atoms with Crippen LogP contribution in [0.1, 0.15) is 12.0 Å². The number of benzene rings is 1. The predicted molar refractivity (Wildman–Crippen MR) is 67.1 cm³/mol. The summed E-state index contributed by atoms with van der Waals surface area (Å²) in [6.45, 7) is 2.58. The molecule has 1 aromatic rings. The van der Waals surface area contributed by atoms with Crippen molar-refractivity contribution in [1.29, 1.82) is 0 Å². The van der Waals surface area contributed by atoms with Crippen molar-refractivity contribution in [3.8, 4) is 0 Å². The van der Waals surface area contributed by atoms with Crippen molar-refractivity contribution in [2.24, 2.45) is 0 Å². The van der Waals surface area contributed by atoms with E-state index in [0.717, 1.165) is 5.56 Å². The van der Waals surface area contributed by atoms with Gasteiger partial charge in [0, 0.05) is 0 Å². The largest absolute Gasteiger partial charge is 0.320 e.